The van der Waals surface area contributed by atoms with Gasteiger partial charge in [0, 0.05) is 42.3 Å². The van der Waals surface area contributed by atoms with E-state index < -0.39 is 0 Å². The maximum Gasteiger partial charge on any atom is 0.251 e. The van der Waals surface area contributed by atoms with Crippen molar-refractivity contribution in [2.45, 2.75) is 27.0 Å². The Morgan fingerprint density at radius 2 is 1.97 bits per heavy atom. The molecule has 0 radical (unpaired) electrons. The first-order chi connectivity index (χ1) is 15.5. The van der Waals surface area contributed by atoms with Gasteiger partial charge in [-0.05, 0) is 47.9 Å². The Morgan fingerprint density at radius 3 is 2.69 bits per heavy atom. The Hall–Kier alpha value is -3.25. The molecular formula is C25H28ClN3O3. The summed E-state index contributed by atoms with van der Waals surface area (Å²) in [7, 11) is 1.58. The van der Waals surface area contributed by atoms with E-state index in [1.165, 1.54) is 0 Å². The van der Waals surface area contributed by atoms with E-state index in [1.807, 2.05) is 42.5 Å². The lowest BCUT2D eigenvalue weighted by Gasteiger charge is -2.15. The van der Waals surface area contributed by atoms with Crippen molar-refractivity contribution in [1.82, 2.24) is 10.3 Å². The molecule has 0 saturated carbocycles. The van der Waals surface area contributed by atoms with E-state index >= 15 is 0 Å². The topological polar surface area (TPSA) is 72.5 Å². The first-order valence-corrected chi connectivity index (χ1v) is 10.8. The molecule has 0 aliphatic rings. The third-order valence-electron chi connectivity index (χ3n) is 4.69. The number of hydrogen-bond donors (Lipinski definition) is 2. The molecule has 0 unspecified atom stereocenters. The zero-order chi connectivity index (χ0) is 22.9. The fourth-order valence-corrected chi connectivity index (χ4v) is 3.32. The van der Waals surface area contributed by atoms with Crippen LogP contribution in [0.4, 0.5) is 5.69 Å². The molecule has 2 aromatic carbocycles. The van der Waals surface area contributed by atoms with Gasteiger partial charge in [0.2, 0.25) is 0 Å². The monoisotopic (exact) mass is 453 g/mol. The SMILES string of the molecule is COc1cc(CNc2cccc(C(=O)NCC(C)C)c2)cc(Cl)c1OCc1cccnc1. The van der Waals surface area contributed by atoms with Crippen LogP contribution in [0.1, 0.15) is 35.3 Å². The molecule has 0 spiro atoms. The van der Waals surface area contributed by atoms with Gasteiger partial charge in [0.05, 0.1) is 12.1 Å². The lowest BCUT2D eigenvalue weighted by Crippen LogP contribution is -2.27. The Morgan fingerprint density at radius 1 is 1.12 bits per heavy atom. The average molecular weight is 454 g/mol. The van der Waals surface area contributed by atoms with Crippen LogP contribution in [0.5, 0.6) is 11.5 Å². The zero-order valence-corrected chi connectivity index (χ0v) is 19.3. The predicted molar refractivity (Wildman–Crippen MR) is 128 cm³/mol. The van der Waals surface area contributed by atoms with Crippen LogP contribution < -0.4 is 20.1 Å². The Labute approximate surface area is 193 Å². The zero-order valence-electron chi connectivity index (χ0n) is 18.5. The molecule has 1 aromatic heterocycles. The maximum absolute atomic E-state index is 12.3. The van der Waals surface area contributed by atoms with Crippen LogP contribution in [-0.2, 0) is 13.2 Å². The summed E-state index contributed by atoms with van der Waals surface area (Å²) in [6, 6.07) is 14.9. The van der Waals surface area contributed by atoms with Crippen LogP contribution in [0.15, 0.2) is 60.9 Å². The molecule has 0 bridgehead atoms. The molecule has 3 aromatic rings. The maximum atomic E-state index is 12.3. The molecule has 168 valence electrons. The summed E-state index contributed by atoms with van der Waals surface area (Å²) < 4.78 is 11.4. The average Bonchev–Trinajstić information content (AvgIpc) is 2.81. The summed E-state index contributed by atoms with van der Waals surface area (Å²) in [5.74, 6) is 1.36. The Kier molecular flexibility index (Phi) is 8.34. The van der Waals surface area contributed by atoms with Gasteiger partial charge in [0.25, 0.3) is 5.91 Å². The molecule has 0 saturated heterocycles. The summed E-state index contributed by atoms with van der Waals surface area (Å²) in [5, 5.41) is 6.73. The van der Waals surface area contributed by atoms with Gasteiger partial charge in [-0.15, -0.1) is 0 Å². The normalized spacial score (nSPS) is 10.7. The first-order valence-electron chi connectivity index (χ1n) is 10.5. The van der Waals surface area contributed by atoms with Gasteiger partial charge in [-0.2, -0.15) is 0 Å². The molecule has 7 heteroatoms. The largest absolute Gasteiger partial charge is 0.493 e. The van der Waals surface area contributed by atoms with E-state index in [-0.39, 0.29) is 5.91 Å². The minimum Gasteiger partial charge on any atom is -0.493 e. The Bertz CT molecular complexity index is 1040. The summed E-state index contributed by atoms with van der Waals surface area (Å²) in [5.41, 5.74) is 3.32. The summed E-state index contributed by atoms with van der Waals surface area (Å²) in [4.78, 5) is 16.4. The van der Waals surface area contributed by atoms with Crippen molar-refractivity contribution in [2.24, 2.45) is 5.92 Å². The van der Waals surface area contributed by atoms with E-state index in [0.717, 1.165) is 16.8 Å². The highest BCUT2D eigenvalue weighted by Gasteiger charge is 2.13. The second-order valence-electron chi connectivity index (χ2n) is 7.80. The molecule has 1 heterocycles. The number of halogens is 1. The van der Waals surface area contributed by atoms with Crippen molar-refractivity contribution in [1.29, 1.82) is 0 Å². The minimum atomic E-state index is -0.0813. The number of anilines is 1. The first kappa shape index (κ1) is 23.4. The van der Waals surface area contributed by atoms with Crippen molar-refractivity contribution < 1.29 is 14.3 Å². The summed E-state index contributed by atoms with van der Waals surface area (Å²) in [6.07, 6.45) is 3.46. The number of benzene rings is 2. The lowest BCUT2D eigenvalue weighted by atomic mass is 10.1. The van der Waals surface area contributed by atoms with Crippen molar-refractivity contribution in [3.63, 3.8) is 0 Å². The molecular weight excluding hydrogens is 426 g/mol. The number of aromatic nitrogens is 1. The highest BCUT2D eigenvalue weighted by Crippen LogP contribution is 2.37. The van der Waals surface area contributed by atoms with Gasteiger partial charge < -0.3 is 20.1 Å². The molecule has 0 atom stereocenters. The summed E-state index contributed by atoms with van der Waals surface area (Å²) >= 11 is 6.49. The van der Waals surface area contributed by atoms with Crippen molar-refractivity contribution in [3.05, 3.63) is 82.6 Å². The van der Waals surface area contributed by atoms with Crippen LogP contribution in [-0.4, -0.2) is 24.5 Å². The fourth-order valence-electron chi connectivity index (χ4n) is 3.03. The van der Waals surface area contributed by atoms with E-state index in [2.05, 4.69) is 29.5 Å². The molecule has 1 amide bonds. The highest BCUT2D eigenvalue weighted by atomic mass is 35.5. The number of carbonyl (C=O) groups is 1. The van der Waals surface area contributed by atoms with Crippen LogP contribution in [0.2, 0.25) is 5.02 Å². The molecule has 6 nitrogen and oxygen atoms in total. The number of hydrogen-bond acceptors (Lipinski definition) is 5. The van der Waals surface area contributed by atoms with E-state index in [9.17, 15) is 4.79 Å². The predicted octanol–water partition coefficient (Wildman–Crippen LogP) is 5.32. The van der Waals surface area contributed by atoms with Crippen molar-refractivity contribution in [3.8, 4) is 11.5 Å². The van der Waals surface area contributed by atoms with Crippen molar-refractivity contribution >= 4 is 23.2 Å². The smallest absolute Gasteiger partial charge is 0.251 e. The van der Waals surface area contributed by atoms with Gasteiger partial charge in [-0.25, -0.2) is 0 Å². The van der Waals surface area contributed by atoms with E-state index in [1.54, 1.807) is 25.6 Å². The van der Waals surface area contributed by atoms with E-state index in [0.29, 0.717) is 47.7 Å². The number of methoxy groups -OCH3 is 1. The molecule has 0 fully saturated rings. The fraction of sp³-hybridized carbons (Fsp3) is 0.280. The van der Waals surface area contributed by atoms with Gasteiger partial charge in [-0.1, -0.05) is 37.6 Å². The molecule has 3 rings (SSSR count). The van der Waals surface area contributed by atoms with Gasteiger partial charge >= 0.3 is 0 Å². The quantitative estimate of drug-likeness (QED) is 0.434. The van der Waals surface area contributed by atoms with Crippen LogP contribution in [0, 0.1) is 5.92 Å². The number of pyridine rings is 1. The third-order valence-corrected chi connectivity index (χ3v) is 4.97. The standard InChI is InChI=1S/C25H28ClN3O3/c1-17(2)13-29-25(30)20-7-4-8-21(12-20)28-15-19-10-22(26)24(23(11-19)31-3)32-16-18-6-5-9-27-14-18/h4-12,14,17,28H,13,15-16H2,1-3H3,(H,29,30). The second kappa shape index (κ2) is 11.4. The second-order valence-corrected chi connectivity index (χ2v) is 8.20. The van der Waals surface area contributed by atoms with Gasteiger partial charge in [0.15, 0.2) is 11.5 Å². The number of nitrogens with zero attached hydrogens (tertiary/aromatic N) is 1. The summed E-state index contributed by atoms with van der Waals surface area (Å²) in [6.45, 7) is 5.62. The van der Waals surface area contributed by atoms with E-state index in [4.69, 9.17) is 21.1 Å². The molecule has 0 aliphatic carbocycles. The molecule has 0 aliphatic heterocycles. The Balaban J connectivity index is 1.66. The molecule has 32 heavy (non-hydrogen) atoms. The van der Waals surface area contributed by atoms with Gasteiger partial charge in [0.1, 0.15) is 6.61 Å². The van der Waals surface area contributed by atoms with Gasteiger partial charge in [-0.3, -0.25) is 9.78 Å². The highest BCUT2D eigenvalue weighted by molar-refractivity contribution is 6.32. The van der Waals surface area contributed by atoms with Crippen molar-refractivity contribution in [2.75, 3.05) is 19.0 Å². The minimum absolute atomic E-state index is 0.0813. The number of carbonyl (C=O) groups excluding carboxylic acids is 1. The number of amides is 1. The number of nitrogens with one attached hydrogen (secondary N) is 2. The number of ether oxygens (including phenoxy) is 2. The van der Waals surface area contributed by atoms with Crippen LogP contribution >= 0.6 is 11.6 Å². The molecule has 2 N–H and O–H groups in total. The lowest BCUT2D eigenvalue weighted by molar-refractivity contribution is 0.0949. The number of rotatable bonds is 10. The van der Waals surface area contributed by atoms with Crippen LogP contribution in [0.3, 0.4) is 0 Å². The van der Waals surface area contributed by atoms with Crippen LogP contribution in [0.25, 0.3) is 0 Å². The third kappa shape index (κ3) is 6.62.